The third-order valence-electron chi connectivity index (χ3n) is 3.60. The lowest BCUT2D eigenvalue weighted by atomic mass is 10.2. The van der Waals surface area contributed by atoms with Crippen molar-refractivity contribution < 1.29 is 4.39 Å². The zero-order valence-electron chi connectivity index (χ0n) is 10.2. The number of benzene rings is 1. The molecule has 0 atom stereocenters. The van der Waals surface area contributed by atoms with E-state index in [1.165, 1.54) is 31.4 Å². The minimum atomic E-state index is -0.244. The van der Waals surface area contributed by atoms with Crippen LogP contribution in [0.3, 0.4) is 0 Å². The normalized spacial score (nSPS) is 15.4. The predicted octanol–water partition coefficient (Wildman–Crippen LogP) is 4.10. The molecule has 1 fully saturated rings. The van der Waals surface area contributed by atoms with Gasteiger partial charge in [0.2, 0.25) is 0 Å². The standard InChI is InChI=1S/C14H16ClFN2/c15-9-14-17-12-8-11(16)5-6-13(12)18(14)7-1-2-10-3-4-10/h5-6,8,10H,1-4,7,9H2. The maximum atomic E-state index is 13.2. The van der Waals surface area contributed by atoms with Crippen molar-refractivity contribution in [2.75, 3.05) is 0 Å². The van der Waals surface area contributed by atoms with Crippen LogP contribution < -0.4 is 0 Å². The minimum absolute atomic E-state index is 0.244. The van der Waals surface area contributed by atoms with Crippen LogP contribution in [0.5, 0.6) is 0 Å². The molecule has 0 radical (unpaired) electrons. The molecule has 0 bridgehead atoms. The number of nitrogens with zero attached hydrogens (tertiary/aromatic N) is 2. The highest BCUT2D eigenvalue weighted by Crippen LogP contribution is 2.33. The quantitative estimate of drug-likeness (QED) is 0.745. The van der Waals surface area contributed by atoms with Gasteiger partial charge in [-0.15, -0.1) is 11.6 Å². The molecule has 2 aromatic rings. The molecule has 1 saturated carbocycles. The number of imidazole rings is 1. The van der Waals surface area contributed by atoms with Crippen molar-refractivity contribution in [3.05, 3.63) is 29.8 Å². The second kappa shape index (κ2) is 4.88. The lowest BCUT2D eigenvalue weighted by Crippen LogP contribution is -2.02. The van der Waals surface area contributed by atoms with Gasteiger partial charge in [-0.1, -0.05) is 12.8 Å². The van der Waals surface area contributed by atoms with Crippen LogP contribution in [-0.4, -0.2) is 9.55 Å². The van der Waals surface area contributed by atoms with Crippen LogP contribution >= 0.6 is 11.6 Å². The summed E-state index contributed by atoms with van der Waals surface area (Å²) >= 11 is 5.92. The van der Waals surface area contributed by atoms with Crippen molar-refractivity contribution >= 4 is 22.6 Å². The predicted molar refractivity (Wildman–Crippen MR) is 71.2 cm³/mol. The summed E-state index contributed by atoms with van der Waals surface area (Å²) in [6.45, 7) is 0.931. The van der Waals surface area contributed by atoms with Crippen molar-refractivity contribution in [3.63, 3.8) is 0 Å². The van der Waals surface area contributed by atoms with Gasteiger partial charge in [0, 0.05) is 12.6 Å². The summed E-state index contributed by atoms with van der Waals surface area (Å²) < 4.78 is 15.3. The highest BCUT2D eigenvalue weighted by atomic mass is 35.5. The first kappa shape index (κ1) is 12.0. The Morgan fingerprint density at radius 3 is 2.94 bits per heavy atom. The van der Waals surface area contributed by atoms with Crippen LogP contribution in [0, 0.1) is 11.7 Å². The van der Waals surface area contributed by atoms with Gasteiger partial charge in [0.25, 0.3) is 0 Å². The van der Waals surface area contributed by atoms with Crippen LogP contribution in [0.25, 0.3) is 11.0 Å². The Kier molecular flexibility index (Phi) is 3.25. The van der Waals surface area contributed by atoms with E-state index in [0.29, 0.717) is 11.4 Å². The van der Waals surface area contributed by atoms with Gasteiger partial charge in [0.05, 0.1) is 16.9 Å². The molecule has 1 heterocycles. The largest absolute Gasteiger partial charge is 0.327 e. The van der Waals surface area contributed by atoms with Crippen molar-refractivity contribution in [2.24, 2.45) is 5.92 Å². The zero-order chi connectivity index (χ0) is 12.5. The molecule has 0 spiro atoms. The summed E-state index contributed by atoms with van der Waals surface area (Å²) in [5.41, 5.74) is 1.69. The van der Waals surface area contributed by atoms with E-state index >= 15 is 0 Å². The van der Waals surface area contributed by atoms with E-state index in [4.69, 9.17) is 11.6 Å². The van der Waals surface area contributed by atoms with Gasteiger partial charge >= 0.3 is 0 Å². The summed E-state index contributed by atoms with van der Waals surface area (Å²) in [5.74, 6) is 1.91. The number of aromatic nitrogens is 2. The van der Waals surface area contributed by atoms with Crippen LogP contribution in [0.15, 0.2) is 18.2 Å². The van der Waals surface area contributed by atoms with E-state index in [9.17, 15) is 4.39 Å². The Morgan fingerprint density at radius 1 is 1.39 bits per heavy atom. The molecular formula is C14H16ClFN2. The molecule has 1 aliphatic rings. The second-order valence-electron chi connectivity index (χ2n) is 5.03. The highest BCUT2D eigenvalue weighted by Gasteiger charge is 2.20. The fourth-order valence-corrected chi connectivity index (χ4v) is 2.65. The Morgan fingerprint density at radius 2 is 2.22 bits per heavy atom. The molecular weight excluding hydrogens is 251 g/mol. The van der Waals surface area contributed by atoms with Gasteiger partial charge in [-0.05, 0) is 30.9 Å². The molecule has 2 nitrogen and oxygen atoms in total. The van der Waals surface area contributed by atoms with E-state index in [-0.39, 0.29) is 5.82 Å². The Hall–Kier alpha value is -1.09. The van der Waals surface area contributed by atoms with Gasteiger partial charge in [0.1, 0.15) is 11.6 Å². The maximum absolute atomic E-state index is 13.2. The summed E-state index contributed by atoms with van der Waals surface area (Å²) in [4.78, 5) is 4.40. The van der Waals surface area contributed by atoms with Gasteiger partial charge in [0.15, 0.2) is 0 Å². The first-order valence-corrected chi connectivity index (χ1v) is 7.02. The molecule has 0 unspecified atom stereocenters. The summed E-state index contributed by atoms with van der Waals surface area (Å²) in [5, 5.41) is 0. The number of halogens is 2. The van der Waals surface area contributed by atoms with Crippen LogP contribution in [0.4, 0.5) is 4.39 Å². The van der Waals surface area contributed by atoms with E-state index in [2.05, 4.69) is 9.55 Å². The number of hydrogen-bond acceptors (Lipinski definition) is 1. The third-order valence-corrected chi connectivity index (χ3v) is 3.84. The van der Waals surface area contributed by atoms with Crippen molar-refractivity contribution in [3.8, 4) is 0 Å². The van der Waals surface area contributed by atoms with E-state index in [0.717, 1.165) is 30.2 Å². The van der Waals surface area contributed by atoms with Gasteiger partial charge < -0.3 is 4.57 Å². The Balaban J connectivity index is 1.86. The molecule has 18 heavy (non-hydrogen) atoms. The average Bonchev–Trinajstić information content (AvgIpc) is 3.11. The zero-order valence-corrected chi connectivity index (χ0v) is 11.0. The highest BCUT2D eigenvalue weighted by molar-refractivity contribution is 6.16. The molecule has 3 rings (SSSR count). The van der Waals surface area contributed by atoms with E-state index in [1.54, 1.807) is 6.07 Å². The molecule has 4 heteroatoms. The molecule has 0 N–H and O–H groups in total. The number of hydrogen-bond donors (Lipinski definition) is 0. The number of fused-ring (bicyclic) bond motifs is 1. The van der Waals surface area contributed by atoms with Crippen molar-refractivity contribution in [2.45, 2.75) is 38.1 Å². The Labute approximate surface area is 111 Å². The summed E-state index contributed by atoms with van der Waals surface area (Å²) in [7, 11) is 0. The number of aryl methyl sites for hydroxylation is 1. The van der Waals surface area contributed by atoms with Crippen LogP contribution in [-0.2, 0) is 12.4 Å². The van der Waals surface area contributed by atoms with Gasteiger partial charge in [-0.2, -0.15) is 0 Å². The summed E-state index contributed by atoms with van der Waals surface area (Å²) in [6.07, 6.45) is 5.20. The smallest absolute Gasteiger partial charge is 0.125 e. The second-order valence-corrected chi connectivity index (χ2v) is 5.30. The summed E-state index contributed by atoms with van der Waals surface area (Å²) in [6, 6.07) is 4.76. The van der Waals surface area contributed by atoms with Crippen LogP contribution in [0.1, 0.15) is 31.5 Å². The fraction of sp³-hybridized carbons (Fsp3) is 0.500. The fourth-order valence-electron chi connectivity index (χ4n) is 2.45. The molecule has 0 amide bonds. The minimum Gasteiger partial charge on any atom is -0.327 e. The van der Waals surface area contributed by atoms with E-state index in [1.807, 2.05) is 0 Å². The first-order chi connectivity index (χ1) is 8.78. The molecule has 0 saturated heterocycles. The molecule has 0 aliphatic heterocycles. The lowest BCUT2D eigenvalue weighted by molar-refractivity contribution is 0.575. The number of rotatable bonds is 5. The molecule has 1 aromatic carbocycles. The van der Waals surface area contributed by atoms with Crippen molar-refractivity contribution in [1.29, 1.82) is 0 Å². The number of alkyl halides is 1. The molecule has 96 valence electrons. The maximum Gasteiger partial charge on any atom is 0.125 e. The van der Waals surface area contributed by atoms with Crippen molar-refractivity contribution in [1.82, 2.24) is 9.55 Å². The lowest BCUT2D eigenvalue weighted by Gasteiger charge is -2.07. The SMILES string of the molecule is Fc1ccc2c(c1)nc(CCl)n2CCCC1CC1. The molecule has 1 aliphatic carbocycles. The van der Waals surface area contributed by atoms with E-state index < -0.39 is 0 Å². The Bertz CT molecular complexity index is 560. The van der Waals surface area contributed by atoms with Crippen LogP contribution in [0.2, 0.25) is 0 Å². The first-order valence-electron chi connectivity index (χ1n) is 6.48. The third kappa shape index (κ3) is 2.37. The average molecular weight is 267 g/mol. The molecule has 1 aromatic heterocycles. The monoisotopic (exact) mass is 266 g/mol. The van der Waals surface area contributed by atoms with Gasteiger partial charge in [-0.25, -0.2) is 9.37 Å². The topological polar surface area (TPSA) is 17.8 Å². The van der Waals surface area contributed by atoms with Gasteiger partial charge in [-0.3, -0.25) is 0 Å².